The zero-order valence-electron chi connectivity index (χ0n) is 19.0. The molecule has 0 aliphatic heterocycles. The van der Waals surface area contributed by atoms with Crippen LogP contribution in [0.5, 0.6) is 0 Å². The minimum absolute atomic E-state index is 0. The Kier molecular flexibility index (Phi) is 8.58. The first kappa shape index (κ1) is 30.0. The maximum atomic E-state index is 13.3. The fourth-order valence-corrected chi connectivity index (χ4v) is 8.37. The quantitative estimate of drug-likeness (QED) is 0.172. The van der Waals surface area contributed by atoms with Crippen molar-refractivity contribution in [2.45, 2.75) is 18.5 Å². The third-order valence-corrected chi connectivity index (χ3v) is 10.2. The minimum atomic E-state index is -4.63. The highest BCUT2D eigenvalue weighted by atomic mass is 127. The maximum absolute atomic E-state index is 13.3. The number of rotatable bonds is 4. The average Bonchev–Trinajstić information content (AvgIpc) is 2.85. The molecule has 0 aromatic heterocycles. The van der Waals surface area contributed by atoms with Crippen LogP contribution in [0.4, 0.5) is 39.5 Å². The van der Waals surface area contributed by atoms with Crippen molar-refractivity contribution >= 4 is 28.5 Å². The lowest BCUT2D eigenvalue weighted by Gasteiger charge is -2.28. The van der Waals surface area contributed by atoms with Crippen LogP contribution >= 0.6 is 7.26 Å². The number of halogens is 10. The number of hydrogen-bond donors (Lipinski definition) is 0. The predicted octanol–water partition coefficient (Wildman–Crippen LogP) is 4.37. The second kappa shape index (κ2) is 10.9. The predicted molar refractivity (Wildman–Crippen MR) is 126 cm³/mol. The molecule has 4 aromatic carbocycles. The average molecular weight is 670 g/mol. The van der Waals surface area contributed by atoms with Gasteiger partial charge >= 0.3 is 18.5 Å². The molecule has 11 heteroatoms. The molecule has 0 heterocycles. The van der Waals surface area contributed by atoms with E-state index in [1.165, 1.54) is 36.4 Å². The molecule has 38 heavy (non-hydrogen) atoms. The molecular weight excluding hydrogens is 653 g/mol. The second-order valence-electron chi connectivity index (χ2n) is 8.14. The van der Waals surface area contributed by atoms with Crippen LogP contribution in [-0.4, -0.2) is 0 Å². The number of benzene rings is 4. The summed E-state index contributed by atoms with van der Waals surface area (Å²) in [5, 5.41) is 1.57. The van der Waals surface area contributed by atoms with Crippen molar-refractivity contribution in [1.82, 2.24) is 0 Å². The van der Waals surface area contributed by atoms with E-state index in [0.29, 0.717) is 21.2 Å². The van der Waals surface area contributed by atoms with E-state index in [1.54, 1.807) is 30.3 Å². The molecule has 0 amide bonds. The smallest absolute Gasteiger partial charge is 0.416 e. The number of hydrogen-bond acceptors (Lipinski definition) is 0. The summed E-state index contributed by atoms with van der Waals surface area (Å²) in [7, 11) is -3.22. The van der Waals surface area contributed by atoms with Gasteiger partial charge in [0.1, 0.15) is 28.5 Å². The van der Waals surface area contributed by atoms with E-state index in [4.69, 9.17) is 0 Å². The second-order valence-corrected chi connectivity index (χ2v) is 11.5. The van der Waals surface area contributed by atoms with Gasteiger partial charge in [-0.05, 0) is 84.9 Å². The van der Waals surface area contributed by atoms with Gasteiger partial charge in [0, 0.05) is 0 Å². The van der Waals surface area contributed by atoms with Crippen molar-refractivity contribution in [1.29, 1.82) is 0 Å². The largest absolute Gasteiger partial charge is 1.00 e. The first-order chi connectivity index (χ1) is 17.2. The van der Waals surface area contributed by atoms with E-state index in [9.17, 15) is 39.5 Å². The van der Waals surface area contributed by atoms with Crippen LogP contribution < -0.4 is 45.2 Å². The molecular formula is C27H17F9IP. The van der Waals surface area contributed by atoms with Gasteiger partial charge in [-0.1, -0.05) is 18.2 Å². The van der Waals surface area contributed by atoms with Gasteiger partial charge in [0.25, 0.3) is 0 Å². The molecule has 0 N–H and O–H groups in total. The Morgan fingerprint density at radius 3 is 0.816 bits per heavy atom. The molecule has 0 nitrogen and oxygen atoms in total. The zero-order chi connectivity index (χ0) is 27.1. The molecule has 0 atom stereocenters. The third kappa shape index (κ3) is 5.86. The van der Waals surface area contributed by atoms with Crippen LogP contribution in [0.2, 0.25) is 0 Å². The molecule has 0 saturated heterocycles. The van der Waals surface area contributed by atoms with Crippen LogP contribution in [0.1, 0.15) is 16.7 Å². The van der Waals surface area contributed by atoms with Gasteiger partial charge in [-0.2, -0.15) is 39.5 Å². The van der Waals surface area contributed by atoms with Crippen LogP contribution in [0, 0.1) is 0 Å². The standard InChI is InChI=1S/C27H17F9P.HI/c28-25(29,30)18-6-12-22(13-7-18)37(21-4-2-1-3-5-21,23-14-8-19(9-15-23)26(31,32)33)24-16-10-20(11-17-24)27(34,35)36;/h1-17H;1H/q+1;/p-1. The Labute approximate surface area is 229 Å². The lowest BCUT2D eigenvalue weighted by atomic mass is 10.2. The van der Waals surface area contributed by atoms with E-state index >= 15 is 0 Å². The van der Waals surface area contributed by atoms with Crippen molar-refractivity contribution in [2.75, 3.05) is 0 Å². The highest BCUT2D eigenvalue weighted by Crippen LogP contribution is 2.55. The van der Waals surface area contributed by atoms with Crippen molar-refractivity contribution < 1.29 is 63.5 Å². The molecule has 0 aliphatic rings. The van der Waals surface area contributed by atoms with Gasteiger partial charge in [0.05, 0.1) is 16.7 Å². The van der Waals surface area contributed by atoms with Crippen molar-refractivity contribution in [3.8, 4) is 0 Å². The maximum Gasteiger partial charge on any atom is 0.416 e. The molecule has 4 aromatic rings. The normalized spacial score (nSPS) is 12.7. The van der Waals surface area contributed by atoms with Crippen LogP contribution in [0.25, 0.3) is 0 Å². The minimum Gasteiger partial charge on any atom is -1.00 e. The molecule has 4 rings (SSSR count). The van der Waals surface area contributed by atoms with Gasteiger partial charge in [0.2, 0.25) is 0 Å². The summed E-state index contributed by atoms with van der Waals surface area (Å²) in [4.78, 5) is 0. The van der Waals surface area contributed by atoms with Gasteiger partial charge in [0.15, 0.2) is 0 Å². The summed E-state index contributed by atoms with van der Waals surface area (Å²) in [6.07, 6.45) is -13.9. The Hall–Kier alpha value is -2.59. The molecule has 200 valence electrons. The lowest BCUT2D eigenvalue weighted by Crippen LogP contribution is -3.00. The molecule has 0 aliphatic carbocycles. The van der Waals surface area contributed by atoms with Crippen LogP contribution in [0.15, 0.2) is 103 Å². The Bertz CT molecular complexity index is 1200. The summed E-state index contributed by atoms with van der Waals surface area (Å²) in [6, 6.07) is 20.9. The molecule has 0 saturated carbocycles. The summed E-state index contributed by atoms with van der Waals surface area (Å²) in [6.45, 7) is 0. The fraction of sp³-hybridized carbons (Fsp3) is 0.111. The van der Waals surface area contributed by atoms with Crippen LogP contribution in [0.3, 0.4) is 0 Å². The van der Waals surface area contributed by atoms with Crippen molar-refractivity contribution in [2.24, 2.45) is 0 Å². The Morgan fingerprint density at radius 1 is 0.342 bits per heavy atom. The van der Waals surface area contributed by atoms with Gasteiger partial charge in [-0.25, -0.2) is 0 Å². The first-order valence-corrected chi connectivity index (χ1v) is 12.5. The topological polar surface area (TPSA) is 0 Å². The summed E-state index contributed by atoms with van der Waals surface area (Å²) >= 11 is 0. The van der Waals surface area contributed by atoms with Gasteiger partial charge in [-0.3, -0.25) is 0 Å². The molecule has 0 bridgehead atoms. The van der Waals surface area contributed by atoms with E-state index in [0.717, 1.165) is 36.4 Å². The zero-order valence-corrected chi connectivity index (χ0v) is 22.1. The van der Waals surface area contributed by atoms with E-state index in [1.807, 2.05) is 0 Å². The van der Waals surface area contributed by atoms with E-state index in [-0.39, 0.29) is 24.0 Å². The van der Waals surface area contributed by atoms with E-state index < -0.39 is 42.5 Å². The van der Waals surface area contributed by atoms with Gasteiger partial charge in [-0.15, -0.1) is 0 Å². The third-order valence-electron chi connectivity index (χ3n) is 5.89. The monoisotopic (exact) mass is 670 g/mol. The van der Waals surface area contributed by atoms with Crippen molar-refractivity contribution in [3.05, 3.63) is 120 Å². The van der Waals surface area contributed by atoms with Crippen molar-refractivity contribution in [3.63, 3.8) is 0 Å². The lowest BCUT2D eigenvalue weighted by molar-refractivity contribution is -0.138. The molecule has 0 spiro atoms. The molecule has 0 unspecified atom stereocenters. The summed E-state index contributed by atoms with van der Waals surface area (Å²) in [5.41, 5.74) is -2.79. The molecule has 0 fully saturated rings. The number of alkyl halides is 9. The SMILES string of the molecule is FC(F)(F)c1ccc([P+](c2ccccc2)(c2ccc(C(F)(F)F)cc2)c2ccc(C(F)(F)F)cc2)cc1.[I-]. The van der Waals surface area contributed by atoms with E-state index in [2.05, 4.69) is 0 Å². The highest BCUT2D eigenvalue weighted by molar-refractivity contribution is 8.01. The van der Waals surface area contributed by atoms with Gasteiger partial charge < -0.3 is 24.0 Å². The fourth-order valence-electron chi connectivity index (χ4n) is 4.17. The summed E-state index contributed by atoms with van der Waals surface area (Å²) < 4.78 is 120. The molecule has 0 radical (unpaired) electrons. The highest BCUT2D eigenvalue weighted by Gasteiger charge is 2.49. The first-order valence-electron chi connectivity index (χ1n) is 10.7. The Morgan fingerprint density at radius 2 is 0.579 bits per heavy atom. The summed E-state index contributed by atoms with van der Waals surface area (Å²) in [5.74, 6) is 0. The Balaban J connectivity index is 0.00000400. The van der Waals surface area contributed by atoms with Crippen LogP contribution in [-0.2, 0) is 18.5 Å².